The maximum atomic E-state index is 12.4. The van der Waals surface area contributed by atoms with E-state index in [2.05, 4.69) is 4.98 Å². The number of nitriles is 1. The molecule has 0 saturated heterocycles. The minimum absolute atomic E-state index is 0.0351. The van der Waals surface area contributed by atoms with Gasteiger partial charge in [-0.15, -0.1) is 0 Å². The third kappa shape index (κ3) is 3.67. The second kappa shape index (κ2) is 6.35. The van der Waals surface area contributed by atoms with E-state index in [0.29, 0.717) is 22.6 Å². The van der Waals surface area contributed by atoms with Gasteiger partial charge in [-0.1, -0.05) is 6.07 Å². The molecule has 0 saturated carbocycles. The summed E-state index contributed by atoms with van der Waals surface area (Å²) < 4.78 is 47.8. The fourth-order valence-electron chi connectivity index (χ4n) is 1.70. The van der Waals surface area contributed by atoms with E-state index in [-0.39, 0.29) is 6.61 Å². The van der Waals surface area contributed by atoms with Crippen molar-refractivity contribution in [3.63, 3.8) is 0 Å². The molecule has 0 aliphatic rings. The van der Waals surface area contributed by atoms with Crippen LogP contribution in [-0.4, -0.2) is 12.1 Å². The van der Waals surface area contributed by atoms with Gasteiger partial charge in [0.05, 0.1) is 18.7 Å². The fourth-order valence-corrected chi connectivity index (χ4v) is 1.70. The van der Waals surface area contributed by atoms with Crippen molar-refractivity contribution in [2.24, 2.45) is 0 Å². The van der Waals surface area contributed by atoms with Gasteiger partial charge in [0.25, 0.3) is 0 Å². The number of pyridine rings is 1. The summed E-state index contributed by atoms with van der Waals surface area (Å²) in [4.78, 5) is 3.35. The highest BCUT2D eigenvalue weighted by atomic mass is 19.4. The van der Waals surface area contributed by atoms with Crippen LogP contribution in [0.2, 0.25) is 0 Å². The minimum atomic E-state index is -4.46. The molecular formula is C15H11F3N2O2. The van der Waals surface area contributed by atoms with Crippen LogP contribution in [0.25, 0.3) is 0 Å². The van der Waals surface area contributed by atoms with Gasteiger partial charge < -0.3 is 9.47 Å². The molecule has 1 aromatic carbocycles. The predicted octanol–water partition coefficient (Wildman–Crippen LogP) is 3.56. The molecule has 1 aromatic heterocycles. The summed E-state index contributed by atoms with van der Waals surface area (Å²) in [5.41, 5.74) is -0.0491. The smallest absolute Gasteiger partial charge is 0.433 e. The van der Waals surface area contributed by atoms with Crippen LogP contribution in [0.4, 0.5) is 13.2 Å². The molecule has 0 N–H and O–H groups in total. The van der Waals surface area contributed by atoms with Crippen molar-refractivity contribution >= 4 is 0 Å². The van der Waals surface area contributed by atoms with Gasteiger partial charge in [-0.05, 0) is 18.2 Å². The van der Waals surface area contributed by atoms with E-state index < -0.39 is 11.9 Å². The molecule has 0 spiro atoms. The molecule has 0 aliphatic heterocycles. The summed E-state index contributed by atoms with van der Waals surface area (Å²) in [5, 5.41) is 8.80. The van der Waals surface area contributed by atoms with Crippen molar-refractivity contribution in [2.75, 3.05) is 7.11 Å². The maximum absolute atomic E-state index is 12.4. The summed E-state index contributed by atoms with van der Waals surface area (Å²) in [6, 6.07) is 8.80. The molecule has 2 rings (SSSR count). The highest BCUT2D eigenvalue weighted by Gasteiger charge is 2.31. The fraction of sp³-hybridized carbons (Fsp3) is 0.200. The number of benzene rings is 1. The molecule has 0 radical (unpaired) electrons. The number of methoxy groups -OCH3 is 1. The first-order chi connectivity index (χ1) is 10.4. The standard InChI is InChI=1S/C15H11F3N2O2/c1-21-13-6-10(7-19)2-4-12(13)22-9-11-3-5-14(20-8-11)15(16,17)18/h2-6,8H,9H2,1H3. The maximum Gasteiger partial charge on any atom is 0.433 e. The molecule has 0 atom stereocenters. The topological polar surface area (TPSA) is 55.1 Å². The van der Waals surface area contributed by atoms with Gasteiger partial charge in [0, 0.05) is 17.8 Å². The van der Waals surface area contributed by atoms with Gasteiger partial charge in [-0.3, -0.25) is 4.98 Å². The first-order valence-corrected chi connectivity index (χ1v) is 6.17. The van der Waals surface area contributed by atoms with Crippen molar-refractivity contribution in [3.8, 4) is 17.6 Å². The van der Waals surface area contributed by atoms with E-state index in [1.54, 1.807) is 12.1 Å². The Kier molecular flexibility index (Phi) is 4.51. The molecule has 1 heterocycles. The normalized spacial score (nSPS) is 10.9. The van der Waals surface area contributed by atoms with Crippen molar-refractivity contribution in [2.45, 2.75) is 12.8 Å². The van der Waals surface area contributed by atoms with Crippen LogP contribution in [0.3, 0.4) is 0 Å². The van der Waals surface area contributed by atoms with E-state index in [1.807, 2.05) is 6.07 Å². The zero-order chi connectivity index (χ0) is 16.2. The monoisotopic (exact) mass is 308 g/mol. The quantitative estimate of drug-likeness (QED) is 0.866. The second-order valence-corrected chi connectivity index (χ2v) is 4.32. The summed E-state index contributed by atoms with van der Waals surface area (Å²) in [6.45, 7) is 0.0351. The molecule has 4 nitrogen and oxygen atoms in total. The average molecular weight is 308 g/mol. The molecule has 114 valence electrons. The Hall–Kier alpha value is -2.75. The molecule has 2 aromatic rings. The lowest BCUT2D eigenvalue weighted by Gasteiger charge is -2.11. The van der Waals surface area contributed by atoms with E-state index in [9.17, 15) is 13.2 Å². The minimum Gasteiger partial charge on any atom is -0.493 e. The van der Waals surface area contributed by atoms with Crippen LogP contribution in [0.15, 0.2) is 36.5 Å². The molecule has 22 heavy (non-hydrogen) atoms. The highest BCUT2D eigenvalue weighted by molar-refractivity contribution is 5.46. The number of hydrogen-bond acceptors (Lipinski definition) is 4. The number of alkyl halides is 3. The summed E-state index contributed by atoms with van der Waals surface area (Å²) in [6.07, 6.45) is -3.35. The van der Waals surface area contributed by atoms with Gasteiger partial charge in [-0.2, -0.15) is 18.4 Å². The summed E-state index contributed by atoms with van der Waals surface area (Å²) >= 11 is 0. The summed E-state index contributed by atoms with van der Waals surface area (Å²) in [7, 11) is 1.43. The molecule has 0 amide bonds. The van der Waals surface area contributed by atoms with E-state index in [1.165, 1.54) is 19.2 Å². The largest absolute Gasteiger partial charge is 0.493 e. The SMILES string of the molecule is COc1cc(C#N)ccc1OCc1ccc(C(F)(F)F)nc1. The van der Waals surface area contributed by atoms with Crippen LogP contribution >= 0.6 is 0 Å². The van der Waals surface area contributed by atoms with Crippen molar-refractivity contribution in [1.29, 1.82) is 5.26 Å². The lowest BCUT2D eigenvalue weighted by atomic mass is 10.2. The van der Waals surface area contributed by atoms with Crippen LogP contribution in [0.5, 0.6) is 11.5 Å². The Morgan fingerprint density at radius 1 is 1.18 bits per heavy atom. The second-order valence-electron chi connectivity index (χ2n) is 4.32. The van der Waals surface area contributed by atoms with Crippen molar-refractivity contribution in [3.05, 3.63) is 53.3 Å². The van der Waals surface area contributed by atoms with Gasteiger partial charge in [0.15, 0.2) is 11.5 Å². The Morgan fingerprint density at radius 2 is 1.95 bits per heavy atom. The van der Waals surface area contributed by atoms with Crippen LogP contribution in [-0.2, 0) is 12.8 Å². The molecule has 0 fully saturated rings. The molecule has 7 heteroatoms. The zero-order valence-electron chi connectivity index (χ0n) is 11.5. The van der Waals surface area contributed by atoms with E-state index >= 15 is 0 Å². The number of rotatable bonds is 4. The number of halogens is 3. The lowest BCUT2D eigenvalue weighted by molar-refractivity contribution is -0.141. The van der Waals surface area contributed by atoms with Crippen molar-refractivity contribution in [1.82, 2.24) is 4.98 Å². The van der Waals surface area contributed by atoms with Crippen LogP contribution in [0, 0.1) is 11.3 Å². The summed E-state index contributed by atoms with van der Waals surface area (Å²) in [5.74, 6) is 0.764. The van der Waals surface area contributed by atoms with Gasteiger partial charge in [0.2, 0.25) is 0 Å². The molecule has 0 unspecified atom stereocenters. The highest BCUT2D eigenvalue weighted by Crippen LogP contribution is 2.29. The van der Waals surface area contributed by atoms with Gasteiger partial charge in [0.1, 0.15) is 12.3 Å². The third-order valence-electron chi connectivity index (χ3n) is 2.80. The van der Waals surface area contributed by atoms with Crippen LogP contribution in [0.1, 0.15) is 16.8 Å². The Labute approximate surface area is 124 Å². The van der Waals surface area contributed by atoms with E-state index in [4.69, 9.17) is 14.7 Å². The first kappa shape index (κ1) is 15.6. The zero-order valence-corrected chi connectivity index (χ0v) is 11.5. The van der Waals surface area contributed by atoms with Crippen LogP contribution < -0.4 is 9.47 Å². The number of aromatic nitrogens is 1. The number of nitrogens with zero attached hydrogens (tertiary/aromatic N) is 2. The van der Waals surface area contributed by atoms with E-state index in [0.717, 1.165) is 12.3 Å². The Bertz CT molecular complexity index is 691. The molecular weight excluding hydrogens is 297 g/mol. The molecule has 0 aliphatic carbocycles. The van der Waals surface area contributed by atoms with Gasteiger partial charge in [-0.25, -0.2) is 0 Å². The van der Waals surface area contributed by atoms with Gasteiger partial charge >= 0.3 is 6.18 Å². The Morgan fingerprint density at radius 3 is 2.50 bits per heavy atom. The molecule has 0 bridgehead atoms. The third-order valence-corrected chi connectivity index (χ3v) is 2.80. The first-order valence-electron chi connectivity index (χ1n) is 6.17. The Balaban J connectivity index is 2.09. The predicted molar refractivity (Wildman–Crippen MR) is 71.3 cm³/mol. The number of ether oxygens (including phenoxy) is 2. The number of hydrogen-bond donors (Lipinski definition) is 0. The lowest BCUT2D eigenvalue weighted by Crippen LogP contribution is -2.08. The van der Waals surface area contributed by atoms with Crippen molar-refractivity contribution < 1.29 is 22.6 Å². The average Bonchev–Trinajstić information content (AvgIpc) is 2.52.